The van der Waals surface area contributed by atoms with E-state index in [9.17, 15) is 9.59 Å². The van der Waals surface area contributed by atoms with Crippen LogP contribution < -0.4 is 10.1 Å². The Balaban J connectivity index is 1.85. The Bertz CT molecular complexity index is 839. The van der Waals surface area contributed by atoms with Crippen molar-refractivity contribution in [2.24, 2.45) is 0 Å². The first-order valence-electron chi connectivity index (χ1n) is 6.57. The van der Waals surface area contributed by atoms with Gasteiger partial charge in [-0.2, -0.15) is 0 Å². The summed E-state index contributed by atoms with van der Waals surface area (Å²) < 4.78 is 5.68. The number of nitrogens with one attached hydrogen (secondary N) is 1. The molecule has 1 amide bonds. The molecule has 0 saturated carbocycles. The number of para-hydroxylation sites is 2. The predicted molar refractivity (Wildman–Crippen MR) is 90.1 cm³/mol. The maximum absolute atomic E-state index is 12.2. The summed E-state index contributed by atoms with van der Waals surface area (Å²) in [6.07, 6.45) is 0. The van der Waals surface area contributed by atoms with Gasteiger partial charge < -0.3 is 15.2 Å². The van der Waals surface area contributed by atoms with Crippen LogP contribution in [-0.2, 0) is 0 Å². The number of ether oxygens (including phenoxy) is 1. The quantitative estimate of drug-likeness (QED) is 0.711. The molecule has 0 aliphatic rings. The number of carboxylic acids is 1. The van der Waals surface area contributed by atoms with Crippen molar-refractivity contribution in [2.75, 3.05) is 5.32 Å². The van der Waals surface area contributed by atoms with Gasteiger partial charge in [-0.15, -0.1) is 22.7 Å². The molecule has 0 radical (unpaired) electrons. The van der Waals surface area contributed by atoms with Crippen LogP contribution in [0.1, 0.15) is 19.3 Å². The predicted octanol–water partition coefficient (Wildman–Crippen LogP) is 4.55. The second-order valence-corrected chi connectivity index (χ2v) is 6.31. The highest BCUT2D eigenvalue weighted by molar-refractivity contribution is 7.12. The molecule has 0 aliphatic carbocycles. The van der Waals surface area contributed by atoms with Gasteiger partial charge in [0.2, 0.25) is 0 Å². The van der Waals surface area contributed by atoms with E-state index in [4.69, 9.17) is 9.84 Å². The standard InChI is InChI=1S/C16H11NO4S2/c18-15(13-6-3-8-22-13)17-10-4-1-2-5-11(10)21-12-7-9-23-14(12)16(19)20/h1-9H,(H,17,18)(H,19,20). The Morgan fingerprint density at radius 3 is 2.52 bits per heavy atom. The number of aromatic carboxylic acids is 1. The van der Waals surface area contributed by atoms with Gasteiger partial charge in [0.25, 0.3) is 5.91 Å². The summed E-state index contributed by atoms with van der Waals surface area (Å²) in [5, 5.41) is 15.4. The number of thiophene rings is 2. The van der Waals surface area contributed by atoms with Crippen LogP contribution in [-0.4, -0.2) is 17.0 Å². The summed E-state index contributed by atoms with van der Waals surface area (Å²) in [7, 11) is 0. The minimum Gasteiger partial charge on any atom is -0.477 e. The molecule has 7 heteroatoms. The fraction of sp³-hybridized carbons (Fsp3) is 0. The van der Waals surface area contributed by atoms with Crippen molar-refractivity contribution in [3.63, 3.8) is 0 Å². The van der Waals surface area contributed by atoms with Crippen LogP contribution >= 0.6 is 22.7 Å². The number of hydrogen-bond acceptors (Lipinski definition) is 5. The monoisotopic (exact) mass is 345 g/mol. The normalized spacial score (nSPS) is 10.3. The molecule has 2 N–H and O–H groups in total. The van der Waals surface area contributed by atoms with Crippen LogP contribution in [0.3, 0.4) is 0 Å². The highest BCUT2D eigenvalue weighted by Crippen LogP contribution is 2.34. The number of carboxylic acid groups (broad SMARTS) is 1. The van der Waals surface area contributed by atoms with E-state index in [0.717, 1.165) is 11.3 Å². The number of hydrogen-bond donors (Lipinski definition) is 2. The van der Waals surface area contributed by atoms with Crippen molar-refractivity contribution in [3.8, 4) is 11.5 Å². The zero-order chi connectivity index (χ0) is 16.2. The van der Waals surface area contributed by atoms with Gasteiger partial charge in [-0.05, 0) is 35.0 Å². The topological polar surface area (TPSA) is 75.6 Å². The Morgan fingerprint density at radius 1 is 0.957 bits per heavy atom. The third-order valence-electron chi connectivity index (χ3n) is 2.92. The van der Waals surface area contributed by atoms with Gasteiger partial charge in [-0.3, -0.25) is 4.79 Å². The molecule has 0 atom stereocenters. The molecule has 0 unspecified atom stereocenters. The summed E-state index contributed by atoms with van der Waals surface area (Å²) in [5.41, 5.74) is 0.480. The Labute approximate surface area is 139 Å². The number of anilines is 1. The summed E-state index contributed by atoms with van der Waals surface area (Å²) in [4.78, 5) is 24.0. The number of benzene rings is 1. The molecule has 0 aliphatic heterocycles. The van der Waals surface area contributed by atoms with Gasteiger partial charge in [0.05, 0.1) is 10.6 Å². The van der Waals surface area contributed by atoms with Crippen LogP contribution in [0.4, 0.5) is 5.69 Å². The molecule has 1 aromatic carbocycles. The Hall–Kier alpha value is -2.64. The highest BCUT2D eigenvalue weighted by Gasteiger charge is 2.16. The molecular weight excluding hydrogens is 334 g/mol. The minimum atomic E-state index is -1.05. The van der Waals surface area contributed by atoms with Crippen LogP contribution in [0, 0.1) is 0 Å². The maximum atomic E-state index is 12.2. The van der Waals surface area contributed by atoms with Gasteiger partial charge in [0, 0.05) is 0 Å². The number of carbonyl (C=O) groups excluding carboxylic acids is 1. The van der Waals surface area contributed by atoms with Gasteiger partial charge in [0.15, 0.2) is 16.4 Å². The summed E-state index contributed by atoms with van der Waals surface area (Å²) in [6.45, 7) is 0. The average Bonchev–Trinajstić information content (AvgIpc) is 3.20. The molecule has 116 valence electrons. The zero-order valence-corrected chi connectivity index (χ0v) is 13.3. The number of amides is 1. The second-order valence-electron chi connectivity index (χ2n) is 4.45. The lowest BCUT2D eigenvalue weighted by molar-refractivity contribution is 0.0699. The molecule has 3 rings (SSSR count). The van der Waals surface area contributed by atoms with Gasteiger partial charge in [0.1, 0.15) is 0 Å². The van der Waals surface area contributed by atoms with E-state index in [-0.39, 0.29) is 16.5 Å². The molecule has 2 heterocycles. The van der Waals surface area contributed by atoms with E-state index in [1.165, 1.54) is 11.3 Å². The van der Waals surface area contributed by atoms with E-state index < -0.39 is 5.97 Å². The summed E-state index contributed by atoms with van der Waals surface area (Å²) in [5.74, 6) is -0.645. The van der Waals surface area contributed by atoms with Crippen molar-refractivity contribution >= 4 is 40.2 Å². The molecule has 0 bridgehead atoms. The molecule has 0 fully saturated rings. The third kappa shape index (κ3) is 3.41. The van der Waals surface area contributed by atoms with Gasteiger partial charge in [-0.1, -0.05) is 18.2 Å². The van der Waals surface area contributed by atoms with Crippen molar-refractivity contribution in [1.82, 2.24) is 0 Å². The molecule has 2 aromatic heterocycles. The van der Waals surface area contributed by atoms with Gasteiger partial charge >= 0.3 is 5.97 Å². The van der Waals surface area contributed by atoms with E-state index in [1.807, 2.05) is 5.38 Å². The van der Waals surface area contributed by atoms with Gasteiger partial charge in [-0.25, -0.2) is 4.79 Å². The maximum Gasteiger partial charge on any atom is 0.349 e. The number of carbonyl (C=O) groups is 2. The van der Waals surface area contributed by atoms with E-state index in [0.29, 0.717) is 16.3 Å². The largest absolute Gasteiger partial charge is 0.477 e. The van der Waals surface area contributed by atoms with Crippen LogP contribution in [0.25, 0.3) is 0 Å². The van der Waals surface area contributed by atoms with E-state index >= 15 is 0 Å². The lowest BCUT2D eigenvalue weighted by Crippen LogP contribution is -2.10. The molecular formula is C16H11NO4S2. The lowest BCUT2D eigenvalue weighted by Gasteiger charge is -2.11. The Kier molecular flexibility index (Phi) is 4.40. The first-order valence-corrected chi connectivity index (χ1v) is 8.33. The van der Waals surface area contributed by atoms with Crippen molar-refractivity contribution in [2.45, 2.75) is 0 Å². The third-order valence-corrected chi connectivity index (χ3v) is 4.68. The lowest BCUT2D eigenvalue weighted by atomic mass is 10.3. The van der Waals surface area contributed by atoms with Crippen LogP contribution in [0.2, 0.25) is 0 Å². The van der Waals surface area contributed by atoms with Crippen LogP contribution in [0.5, 0.6) is 11.5 Å². The van der Waals surface area contributed by atoms with E-state index in [1.54, 1.807) is 47.8 Å². The summed E-state index contributed by atoms with van der Waals surface area (Å²) in [6, 6.07) is 12.0. The first-order chi connectivity index (χ1) is 11.1. The summed E-state index contributed by atoms with van der Waals surface area (Å²) >= 11 is 2.42. The molecule has 5 nitrogen and oxygen atoms in total. The zero-order valence-electron chi connectivity index (χ0n) is 11.7. The smallest absolute Gasteiger partial charge is 0.349 e. The fourth-order valence-corrected chi connectivity index (χ4v) is 3.18. The second kappa shape index (κ2) is 6.64. The van der Waals surface area contributed by atoms with E-state index in [2.05, 4.69) is 5.32 Å². The SMILES string of the molecule is O=C(Nc1ccccc1Oc1ccsc1C(=O)O)c1cccs1. The fourth-order valence-electron chi connectivity index (χ4n) is 1.90. The molecule has 0 saturated heterocycles. The van der Waals surface area contributed by atoms with Crippen LogP contribution in [0.15, 0.2) is 53.2 Å². The first kappa shape index (κ1) is 15.3. The minimum absolute atomic E-state index is 0.115. The molecule has 3 aromatic rings. The highest BCUT2D eigenvalue weighted by atomic mass is 32.1. The van der Waals surface area contributed by atoms with Crippen molar-refractivity contribution < 1.29 is 19.4 Å². The number of rotatable bonds is 5. The molecule has 0 spiro atoms. The molecule has 23 heavy (non-hydrogen) atoms. The average molecular weight is 345 g/mol. The van der Waals surface area contributed by atoms with Crippen molar-refractivity contribution in [3.05, 3.63) is 63.0 Å². The Morgan fingerprint density at radius 2 is 1.78 bits per heavy atom. The van der Waals surface area contributed by atoms with Crippen molar-refractivity contribution in [1.29, 1.82) is 0 Å².